The van der Waals surface area contributed by atoms with E-state index in [1.54, 1.807) is 0 Å². The van der Waals surface area contributed by atoms with Gasteiger partial charge in [0.05, 0.1) is 0 Å². The number of nitrogens with one attached hydrogen (secondary N) is 1. The van der Waals surface area contributed by atoms with Crippen LogP contribution in [0.2, 0.25) is 0 Å². The van der Waals surface area contributed by atoms with Crippen molar-refractivity contribution in [1.29, 1.82) is 0 Å². The van der Waals surface area contributed by atoms with E-state index in [-0.39, 0.29) is 0 Å². The Bertz CT molecular complexity index is 229. The van der Waals surface area contributed by atoms with E-state index in [0.717, 1.165) is 24.0 Å². The fourth-order valence-corrected chi connectivity index (χ4v) is 3.76. The monoisotopic (exact) mass is 238 g/mol. The van der Waals surface area contributed by atoms with Gasteiger partial charge in [0.1, 0.15) is 0 Å². The lowest BCUT2D eigenvalue weighted by Crippen LogP contribution is -2.46. The average molecular weight is 238 g/mol. The molecule has 1 saturated carbocycles. The van der Waals surface area contributed by atoms with Gasteiger partial charge in [0.15, 0.2) is 0 Å². The van der Waals surface area contributed by atoms with Gasteiger partial charge in [-0.3, -0.25) is 4.90 Å². The lowest BCUT2D eigenvalue weighted by molar-refractivity contribution is 0.0831. The molecule has 0 radical (unpaired) electrons. The molecule has 0 amide bonds. The van der Waals surface area contributed by atoms with E-state index in [4.69, 9.17) is 0 Å². The van der Waals surface area contributed by atoms with Gasteiger partial charge >= 0.3 is 0 Å². The summed E-state index contributed by atoms with van der Waals surface area (Å²) in [5.41, 5.74) is 0. The molecule has 0 aromatic heterocycles. The van der Waals surface area contributed by atoms with E-state index in [0.29, 0.717) is 0 Å². The van der Waals surface area contributed by atoms with Crippen LogP contribution in [0.5, 0.6) is 0 Å². The molecule has 2 heteroatoms. The van der Waals surface area contributed by atoms with Crippen LogP contribution in [0.1, 0.15) is 59.3 Å². The van der Waals surface area contributed by atoms with Gasteiger partial charge in [-0.05, 0) is 64.5 Å². The summed E-state index contributed by atoms with van der Waals surface area (Å²) in [5, 5.41) is 3.70. The molecule has 0 spiro atoms. The Morgan fingerprint density at radius 1 is 1.12 bits per heavy atom. The number of hydrogen-bond acceptors (Lipinski definition) is 2. The highest BCUT2D eigenvalue weighted by Gasteiger charge is 2.33. The predicted molar refractivity (Wildman–Crippen MR) is 74.3 cm³/mol. The smallest absolute Gasteiger partial charge is 0.0113 e. The second-order valence-electron chi connectivity index (χ2n) is 6.33. The van der Waals surface area contributed by atoms with Crippen LogP contribution in [0.3, 0.4) is 0 Å². The molecular formula is C15H30N2. The van der Waals surface area contributed by atoms with Gasteiger partial charge in [-0.1, -0.05) is 13.8 Å². The lowest BCUT2D eigenvalue weighted by atomic mass is 9.92. The molecule has 1 aliphatic heterocycles. The van der Waals surface area contributed by atoms with Gasteiger partial charge in [0.25, 0.3) is 0 Å². The zero-order valence-corrected chi connectivity index (χ0v) is 11.9. The van der Waals surface area contributed by atoms with Crippen molar-refractivity contribution in [2.24, 2.45) is 5.92 Å². The van der Waals surface area contributed by atoms with E-state index in [1.807, 2.05) is 0 Å². The quantitative estimate of drug-likeness (QED) is 0.810. The van der Waals surface area contributed by atoms with E-state index in [1.165, 1.54) is 51.6 Å². The molecule has 2 rings (SSSR count). The molecule has 0 aromatic carbocycles. The number of piperidine rings is 1. The van der Waals surface area contributed by atoms with Crippen LogP contribution in [-0.4, -0.2) is 36.1 Å². The summed E-state index contributed by atoms with van der Waals surface area (Å²) < 4.78 is 0. The van der Waals surface area contributed by atoms with Crippen molar-refractivity contribution in [2.45, 2.75) is 77.4 Å². The molecular weight excluding hydrogens is 208 g/mol. The maximum absolute atomic E-state index is 3.70. The minimum Gasteiger partial charge on any atom is -0.314 e. The SMILES string of the molecule is CCCNC1CCC(N2CCC(C)CC2C)C1. The minimum atomic E-state index is 0.798. The molecule has 4 atom stereocenters. The van der Waals surface area contributed by atoms with Crippen molar-refractivity contribution in [3.05, 3.63) is 0 Å². The summed E-state index contributed by atoms with van der Waals surface area (Å²) in [6.45, 7) is 9.64. The Hall–Kier alpha value is -0.0800. The van der Waals surface area contributed by atoms with Crippen LogP contribution < -0.4 is 5.32 Å². The molecule has 1 N–H and O–H groups in total. The molecule has 1 saturated heterocycles. The van der Waals surface area contributed by atoms with Gasteiger partial charge in [0, 0.05) is 18.1 Å². The van der Waals surface area contributed by atoms with Gasteiger partial charge < -0.3 is 5.32 Å². The third-order valence-electron chi connectivity index (χ3n) is 4.75. The molecule has 0 bridgehead atoms. The Kier molecular flexibility index (Phi) is 4.87. The van der Waals surface area contributed by atoms with Gasteiger partial charge in [-0.25, -0.2) is 0 Å². The Labute approximate surface area is 107 Å². The van der Waals surface area contributed by atoms with E-state index >= 15 is 0 Å². The Morgan fingerprint density at radius 3 is 2.65 bits per heavy atom. The van der Waals surface area contributed by atoms with E-state index in [9.17, 15) is 0 Å². The van der Waals surface area contributed by atoms with Crippen molar-refractivity contribution in [3.63, 3.8) is 0 Å². The van der Waals surface area contributed by atoms with Gasteiger partial charge in [-0.15, -0.1) is 0 Å². The lowest BCUT2D eigenvalue weighted by Gasteiger charge is -2.40. The Morgan fingerprint density at radius 2 is 1.94 bits per heavy atom. The van der Waals surface area contributed by atoms with Gasteiger partial charge in [0.2, 0.25) is 0 Å². The maximum Gasteiger partial charge on any atom is 0.0113 e. The number of likely N-dealkylation sites (tertiary alicyclic amines) is 1. The van der Waals surface area contributed by atoms with Crippen molar-refractivity contribution in [1.82, 2.24) is 10.2 Å². The van der Waals surface area contributed by atoms with Crippen molar-refractivity contribution >= 4 is 0 Å². The fraction of sp³-hybridized carbons (Fsp3) is 1.00. The van der Waals surface area contributed by atoms with Crippen molar-refractivity contribution < 1.29 is 0 Å². The molecule has 2 aliphatic rings. The predicted octanol–water partition coefficient (Wildman–Crippen LogP) is 3.03. The normalized spacial score (nSPS) is 39.7. The highest BCUT2D eigenvalue weighted by Crippen LogP contribution is 2.31. The van der Waals surface area contributed by atoms with Crippen LogP contribution in [0.4, 0.5) is 0 Å². The molecule has 1 aliphatic carbocycles. The standard InChI is InChI=1S/C15H30N2/c1-4-8-16-14-5-6-15(11-14)17-9-7-12(2)10-13(17)3/h12-16H,4-11H2,1-3H3. The first kappa shape index (κ1) is 13.4. The summed E-state index contributed by atoms with van der Waals surface area (Å²) in [5.74, 6) is 0.941. The first-order valence-electron chi connectivity index (χ1n) is 7.69. The molecule has 2 fully saturated rings. The van der Waals surface area contributed by atoms with Crippen LogP contribution in [-0.2, 0) is 0 Å². The number of rotatable bonds is 4. The molecule has 2 nitrogen and oxygen atoms in total. The molecule has 17 heavy (non-hydrogen) atoms. The first-order chi connectivity index (χ1) is 8.20. The largest absolute Gasteiger partial charge is 0.314 e. The fourth-order valence-electron chi connectivity index (χ4n) is 3.76. The third kappa shape index (κ3) is 3.45. The van der Waals surface area contributed by atoms with Crippen molar-refractivity contribution in [2.75, 3.05) is 13.1 Å². The molecule has 4 unspecified atom stereocenters. The topological polar surface area (TPSA) is 15.3 Å². The second kappa shape index (κ2) is 6.19. The minimum absolute atomic E-state index is 0.798. The summed E-state index contributed by atoms with van der Waals surface area (Å²) >= 11 is 0. The van der Waals surface area contributed by atoms with Crippen LogP contribution in [0.15, 0.2) is 0 Å². The zero-order chi connectivity index (χ0) is 12.3. The van der Waals surface area contributed by atoms with Crippen molar-refractivity contribution in [3.8, 4) is 0 Å². The molecule has 1 heterocycles. The molecule has 0 aromatic rings. The Balaban J connectivity index is 1.79. The third-order valence-corrected chi connectivity index (χ3v) is 4.75. The highest BCUT2D eigenvalue weighted by atomic mass is 15.2. The van der Waals surface area contributed by atoms with E-state index < -0.39 is 0 Å². The van der Waals surface area contributed by atoms with E-state index in [2.05, 4.69) is 31.0 Å². The summed E-state index contributed by atoms with van der Waals surface area (Å²) in [6.07, 6.45) is 8.28. The van der Waals surface area contributed by atoms with Gasteiger partial charge in [-0.2, -0.15) is 0 Å². The molecule has 100 valence electrons. The second-order valence-corrected chi connectivity index (χ2v) is 6.33. The summed E-state index contributed by atoms with van der Waals surface area (Å²) in [7, 11) is 0. The highest BCUT2D eigenvalue weighted by molar-refractivity contribution is 4.90. The number of nitrogens with zero attached hydrogens (tertiary/aromatic N) is 1. The average Bonchev–Trinajstić information content (AvgIpc) is 2.75. The summed E-state index contributed by atoms with van der Waals surface area (Å²) in [6, 6.07) is 2.48. The first-order valence-corrected chi connectivity index (χ1v) is 7.69. The van der Waals surface area contributed by atoms with Crippen LogP contribution in [0.25, 0.3) is 0 Å². The summed E-state index contributed by atoms with van der Waals surface area (Å²) in [4.78, 5) is 2.80. The van der Waals surface area contributed by atoms with Crippen LogP contribution >= 0.6 is 0 Å². The van der Waals surface area contributed by atoms with Crippen LogP contribution in [0, 0.1) is 5.92 Å². The maximum atomic E-state index is 3.70. The zero-order valence-electron chi connectivity index (χ0n) is 11.9. The number of hydrogen-bond donors (Lipinski definition) is 1.